The van der Waals surface area contributed by atoms with Crippen LogP contribution >= 0.6 is 0 Å². The van der Waals surface area contributed by atoms with Crippen LogP contribution in [0, 0.1) is 0 Å². The normalized spacial score (nSPS) is 11.9. The molecule has 2 aromatic rings. The molecule has 1 atom stereocenters. The fourth-order valence-electron chi connectivity index (χ4n) is 1.78. The van der Waals surface area contributed by atoms with Crippen molar-refractivity contribution in [3.05, 3.63) is 42.6 Å². The van der Waals surface area contributed by atoms with Crippen molar-refractivity contribution in [1.82, 2.24) is 9.78 Å². The van der Waals surface area contributed by atoms with Crippen LogP contribution in [0.3, 0.4) is 0 Å². The van der Waals surface area contributed by atoms with E-state index < -0.39 is 0 Å². The first-order valence-corrected chi connectivity index (χ1v) is 6.72. The average molecular weight is 273 g/mol. The van der Waals surface area contributed by atoms with E-state index in [2.05, 4.69) is 24.3 Å². The van der Waals surface area contributed by atoms with Crippen LogP contribution in [0.5, 0.6) is 5.75 Å². The SMILES string of the molecule is CCC(C)n1nccc1NC(=O)COc1ccccc1. The molecule has 0 fully saturated rings. The van der Waals surface area contributed by atoms with Gasteiger partial charge in [0.2, 0.25) is 0 Å². The molecule has 0 saturated carbocycles. The lowest BCUT2D eigenvalue weighted by atomic mass is 10.3. The van der Waals surface area contributed by atoms with Crippen LogP contribution in [0.4, 0.5) is 5.82 Å². The predicted octanol–water partition coefficient (Wildman–Crippen LogP) is 2.87. The maximum absolute atomic E-state index is 11.9. The van der Waals surface area contributed by atoms with E-state index in [0.717, 1.165) is 6.42 Å². The van der Waals surface area contributed by atoms with Gasteiger partial charge in [-0.15, -0.1) is 0 Å². The number of hydrogen-bond acceptors (Lipinski definition) is 3. The summed E-state index contributed by atoms with van der Waals surface area (Å²) in [5.41, 5.74) is 0. The maximum atomic E-state index is 11.9. The van der Waals surface area contributed by atoms with Gasteiger partial charge in [0.25, 0.3) is 5.91 Å². The van der Waals surface area contributed by atoms with Crippen LogP contribution in [-0.4, -0.2) is 22.3 Å². The highest BCUT2D eigenvalue weighted by atomic mass is 16.5. The average Bonchev–Trinajstić information content (AvgIpc) is 2.93. The smallest absolute Gasteiger partial charge is 0.263 e. The summed E-state index contributed by atoms with van der Waals surface area (Å²) in [7, 11) is 0. The van der Waals surface area contributed by atoms with Crippen LogP contribution in [0.25, 0.3) is 0 Å². The van der Waals surface area contributed by atoms with Crippen LogP contribution < -0.4 is 10.1 Å². The second-order valence-corrected chi connectivity index (χ2v) is 4.57. The van der Waals surface area contributed by atoms with Crippen molar-refractivity contribution in [2.45, 2.75) is 26.3 Å². The molecule has 0 saturated heterocycles. The third-order valence-electron chi connectivity index (χ3n) is 3.06. The highest BCUT2D eigenvalue weighted by Crippen LogP contribution is 2.16. The number of nitrogens with one attached hydrogen (secondary N) is 1. The van der Waals surface area contributed by atoms with Gasteiger partial charge >= 0.3 is 0 Å². The van der Waals surface area contributed by atoms with Gasteiger partial charge in [-0.1, -0.05) is 25.1 Å². The monoisotopic (exact) mass is 273 g/mol. The lowest BCUT2D eigenvalue weighted by Gasteiger charge is -2.14. The molecule has 2 rings (SSSR count). The molecule has 5 heteroatoms. The van der Waals surface area contributed by atoms with Crippen molar-refractivity contribution in [3.8, 4) is 5.75 Å². The second-order valence-electron chi connectivity index (χ2n) is 4.57. The highest BCUT2D eigenvalue weighted by molar-refractivity contribution is 5.91. The first kappa shape index (κ1) is 14.1. The molecule has 0 aliphatic carbocycles. The van der Waals surface area contributed by atoms with Gasteiger partial charge in [-0.25, -0.2) is 4.68 Å². The fourth-order valence-corrected chi connectivity index (χ4v) is 1.78. The number of amides is 1. The number of carbonyl (C=O) groups excluding carboxylic acids is 1. The Bertz CT molecular complexity index is 551. The molecule has 1 aromatic heterocycles. The van der Waals surface area contributed by atoms with Gasteiger partial charge in [0.15, 0.2) is 6.61 Å². The minimum Gasteiger partial charge on any atom is -0.484 e. The molecule has 1 amide bonds. The van der Waals surface area contributed by atoms with Crippen molar-refractivity contribution >= 4 is 11.7 Å². The number of aromatic nitrogens is 2. The fraction of sp³-hybridized carbons (Fsp3) is 0.333. The largest absolute Gasteiger partial charge is 0.484 e. The molecular weight excluding hydrogens is 254 g/mol. The number of ether oxygens (including phenoxy) is 1. The van der Waals surface area contributed by atoms with Crippen molar-refractivity contribution in [1.29, 1.82) is 0 Å². The first-order valence-electron chi connectivity index (χ1n) is 6.72. The van der Waals surface area contributed by atoms with Gasteiger partial charge in [0.1, 0.15) is 11.6 Å². The zero-order chi connectivity index (χ0) is 14.4. The van der Waals surface area contributed by atoms with Gasteiger partial charge in [-0.05, 0) is 25.5 Å². The number of anilines is 1. The Hall–Kier alpha value is -2.30. The molecule has 5 nitrogen and oxygen atoms in total. The lowest BCUT2D eigenvalue weighted by Crippen LogP contribution is -2.22. The summed E-state index contributed by atoms with van der Waals surface area (Å²) in [5.74, 6) is 1.18. The zero-order valence-electron chi connectivity index (χ0n) is 11.7. The standard InChI is InChI=1S/C15H19N3O2/c1-3-12(2)18-14(9-10-16-18)17-15(19)11-20-13-7-5-4-6-8-13/h4-10,12H,3,11H2,1-2H3,(H,17,19). The van der Waals surface area contributed by atoms with E-state index in [1.807, 2.05) is 30.3 Å². The summed E-state index contributed by atoms with van der Waals surface area (Å²) < 4.78 is 7.21. The number of para-hydroxylation sites is 1. The predicted molar refractivity (Wildman–Crippen MR) is 77.8 cm³/mol. The molecule has 20 heavy (non-hydrogen) atoms. The second kappa shape index (κ2) is 6.75. The first-order chi connectivity index (χ1) is 9.70. The van der Waals surface area contributed by atoms with Crippen molar-refractivity contribution in [2.75, 3.05) is 11.9 Å². The number of hydrogen-bond donors (Lipinski definition) is 1. The van der Waals surface area contributed by atoms with E-state index in [9.17, 15) is 4.79 Å². The van der Waals surface area contributed by atoms with Crippen LogP contribution in [0.15, 0.2) is 42.6 Å². The van der Waals surface area contributed by atoms with Gasteiger partial charge in [0, 0.05) is 6.07 Å². The Morgan fingerprint density at radius 1 is 1.35 bits per heavy atom. The summed E-state index contributed by atoms with van der Waals surface area (Å²) >= 11 is 0. The molecule has 0 radical (unpaired) electrons. The highest BCUT2D eigenvalue weighted by Gasteiger charge is 2.11. The van der Waals surface area contributed by atoms with Gasteiger partial charge in [0.05, 0.1) is 12.2 Å². The molecule has 0 spiro atoms. The molecule has 0 bridgehead atoms. The zero-order valence-corrected chi connectivity index (χ0v) is 11.7. The Kier molecular flexibility index (Phi) is 4.76. The van der Waals surface area contributed by atoms with E-state index in [1.165, 1.54) is 0 Å². The lowest BCUT2D eigenvalue weighted by molar-refractivity contribution is -0.118. The van der Waals surface area contributed by atoms with Gasteiger partial charge in [-0.2, -0.15) is 5.10 Å². The maximum Gasteiger partial charge on any atom is 0.263 e. The van der Waals surface area contributed by atoms with Crippen LogP contribution in [0.1, 0.15) is 26.3 Å². The molecule has 0 aliphatic heterocycles. The summed E-state index contributed by atoms with van der Waals surface area (Å²) in [6, 6.07) is 11.3. The van der Waals surface area contributed by atoms with Gasteiger partial charge < -0.3 is 10.1 Å². The molecule has 1 aromatic carbocycles. The third kappa shape index (κ3) is 3.60. The minimum absolute atomic E-state index is 0.0182. The summed E-state index contributed by atoms with van der Waals surface area (Å²) in [5, 5.41) is 7.03. The van der Waals surface area contributed by atoms with E-state index in [-0.39, 0.29) is 18.6 Å². The molecule has 106 valence electrons. The Labute approximate surface area is 118 Å². The number of rotatable bonds is 6. The Balaban J connectivity index is 1.90. The van der Waals surface area contributed by atoms with Crippen molar-refractivity contribution in [2.24, 2.45) is 0 Å². The molecule has 1 unspecified atom stereocenters. The van der Waals surface area contributed by atoms with Crippen LogP contribution in [0.2, 0.25) is 0 Å². The molecular formula is C15H19N3O2. The number of benzene rings is 1. The summed E-state index contributed by atoms with van der Waals surface area (Å²) in [6.45, 7) is 4.12. The topological polar surface area (TPSA) is 56.2 Å². The minimum atomic E-state index is -0.195. The quantitative estimate of drug-likeness (QED) is 0.880. The number of carbonyl (C=O) groups is 1. The van der Waals surface area contributed by atoms with E-state index in [0.29, 0.717) is 11.6 Å². The van der Waals surface area contributed by atoms with E-state index in [4.69, 9.17) is 4.74 Å². The molecule has 1 N–H and O–H groups in total. The molecule has 0 aliphatic rings. The van der Waals surface area contributed by atoms with Crippen LogP contribution in [-0.2, 0) is 4.79 Å². The Morgan fingerprint density at radius 2 is 2.10 bits per heavy atom. The van der Waals surface area contributed by atoms with E-state index in [1.54, 1.807) is 16.9 Å². The summed E-state index contributed by atoms with van der Waals surface area (Å²) in [4.78, 5) is 11.9. The van der Waals surface area contributed by atoms with Crippen molar-refractivity contribution < 1.29 is 9.53 Å². The Morgan fingerprint density at radius 3 is 2.80 bits per heavy atom. The molecule has 1 heterocycles. The van der Waals surface area contributed by atoms with Gasteiger partial charge in [-0.3, -0.25) is 4.79 Å². The summed E-state index contributed by atoms with van der Waals surface area (Å²) in [6.07, 6.45) is 2.63. The van der Waals surface area contributed by atoms with E-state index >= 15 is 0 Å². The number of nitrogens with zero attached hydrogens (tertiary/aromatic N) is 2. The van der Waals surface area contributed by atoms with Crippen molar-refractivity contribution in [3.63, 3.8) is 0 Å². The third-order valence-corrected chi connectivity index (χ3v) is 3.06.